The number of carbonyl (C=O) groups excluding carboxylic acids is 2. The van der Waals surface area contributed by atoms with Crippen molar-refractivity contribution in [1.82, 2.24) is 0 Å². The summed E-state index contributed by atoms with van der Waals surface area (Å²) >= 11 is 2.13. The van der Waals surface area contributed by atoms with E-state index in [1.54, 1.807) is 26.0 Å². The molecule has 0 aliphatic heterocycles. The van der Waals surface area contributed by atoms with E-state index in [-0.39, 0.29) is 16.0 Å². The molecule has 0 aromatic heterocycles. The van der Waals surface area contributed by atoms with Crippen molar-refractivity contribution >= 4 is 44.5 Å². The third-order valence-corrected chi connectivity index (χ3v) is 7.50. The molecule has 0 spiro atoms. The second-order valence-corrected chi connectivity index (χ2v) is 10.3. The monoisotopic (exact) mass is 498 g/mol. The quantitative estimate of drug-likeness (QED) is 0.197. The minimum Gasteiger partial charge on any atom is -0.282 e. The maximum atomic E-state index is 15.2. The highest BCUT2D eigenvalue weighted by atomic mass is 32.2. The van der Waals surface area contributed by atoms with Crippen molar-refractivity contribution in [2.75, 3.05) is 0 Å². The molecule has 0 heterocycles. The molecule has 0 aliphatic carbocycles. The Bertz CT molecular complexity index is 1490. The van der Waals surface area contributed by atoms with Gasteiger partial charge in [0.1, 0.15) is 5.82 Å². The zero-order valence-electron chi connectivity index (χ0n) is 19.4. The average molecular weight is 499 g/mol. The maximum Gasteiger partial charge on any atom is 0.219 e. The number of carbonyl (C=O) groups is 2. The van der Waals surface area contributed by atoms with Gasteiger partial charge in [-0.2, -0.15) is 0 Å². The van der Waals surface area contributed by atoms with Crippen molar-refractivity contribution in [3.63, 3.8) is 0 Å². The van der Waals surface area contributed by atoms with Crippen LogP contribution in [-0.2, 0) is 9.59 Å². The molecule has 0 amide bonds. The number of benzene rings is 4. The molecule has 4 rings (SSSR count). The van der Waals surface area contributed by atoms with Crippen molar-refractivity contribution < 1.29 is 14.0 Å². The molecular weight excluding hydrogens is 475 g/mol. The Hall–Kier alpha value is -3.41. The van der Waals surface area contributed by atoms with E-state index in [1.807, 2.05) is 60.7 Å². The van der Waals surface area contributed by atoms with E-state index in [0.717, 1.165) is 55.9 Å². The fourth-order valence-corrected chi connectivity index (χ4v) is 5.00. The first-order valence-electron chi connectivity index (χ1n) is 10.9. The summed E-state index contributed by atoms with van der Waals surface area (Å²) in [7, 11) is 0. The van der Waals surface area contributed by atoms with Crippen molar-refractivity contribution in [2.24, 2.45) is 0 Å². The Morgan fingerprint density at radius 1 is 0.657 bits per heavy atom. The van der Waals surface area contributed by atoms with Crippen LogP contribution in [0.15, 0.2) is 113 Å². The van der Waals surface area contributed by atoms with Crippen LogP contribution in [0, 0.1) is 5.82 Å². The van der Waals surface area contributed by atoms with Gasteiger partial charge in [-0.3, -0.25) is 9.59 Å². The molecule has 0 saturated heterocycles. The molecule has 5 heteroatoms. The van der Waals surface area contributed by atoms with Gasteiger partial charge < -0.3 is 0 Å². The number of hydrogen-bond acceptors (Lipinski definition) is 4. The third kappa shape index (κ3) is 5.47. The molecule has 174 valence electrons. The van der Waals surface area contributed by atoms with Gasteiger partial charge in [-0.05, 0) is 100 Å². The first kappa shape index (κ1) is 24.7. The van der Waals surface area contributed by atoms with Crippen LogP contribution < -0.4 is 0 Å². The van der Waals surface area contributed by atoms with Crippen molar-refractivity contribution in [2.45, 2.75) is 23.6 Å². The lowest BCUT2D eigenvalue weighted by Crippen LogP contribution is -1.93. The molecule has 35 heavy (non-hydrogen) atoms. The van der Waals surface area contributed by atoms with Gasteiger partial charge in [0.05, 0.1) is 0 Å². The number of thioether (sulfide) groups is 2. The van der Waals surface area contributed by atoms with Crippen LogP contribution in [-0.4, -0.2) is 10.2 Å². The first-order chi connectivity index (χ1) is 16.7. The standard InChI is InChI=1S/C30H23FO2S2/c1-18(2)29(32)34-21-11-9-20(10-12-21)23-15-16-26(25-8-6-5-7-24(23)25)27-14-13-22(17-28(27)31)35-30(33)19(3)4/h5-17H,1,3H2,2,4H3. The lowest BCUT2D eigenvalue weighted by atomic mass is 9.92. The van der Waals surface area contributed by atoms with E-state index in [2.05, 4.69) is 13.2 Å². The van der Waals surface area contributed by atoms with Gasteiger partial charge in [0, 0.05) is 15.4 Å². The van der Waals surface area contributed by atoms with Crippen molar-refractivity contribution in [3.05, 3.63) is 109 Å². The smallest absolute Gasteiger partial charge is 0.219 e. The minimum absolute atomic E-state index is 0.0528. The lowest BCUT2D eigenvalue weighted by molar-refractivity contribution is -0.108. The van der Waals surface area contributed by atoms with Gasteiger partial charge in [-0.25, -0.2) is 4.39 Å². The predicted molar refractivity (Wildman–Crippen MR) is 146 cm³/mol. The molecule has 0 bridgehead atoms. The Kier molecular flexibility index (Phi) is 7.39. The Balaban J connectivity index is 1.71. The van der Waals surface area contributed by atoms with Gasteiger partial charge in [0.15, 0.2) is 0 Å². The maximum absolute atomic E-state index is 15.2. The van der Waals surface area contributed by atoms with E-state index >= 15 is 4.39 Å². The molecule has 0 N–H and O–H groups in total. The number of halogens is 1. The number of hydrogen-bond donors (Lipinski definition) is 0. The van der Waals surface area contributed by atoms with Gasteiger partial charge in [0.25, 0.3) is 0 Å². The molecule has 0 unspecified atom stereocenters. The first-order valence-corrected chi connectivity index (χ1v) is 12.6. The van der Waals surface area contributed by atoms with E-state index in [0.29, 0.717) is 21.6 Å². The van der Waals surface area contributed by atoms with Crippen molar-refractivity contribution in [1.29, 1.82) is 0 Å². The lowest BCUT2D eigenvalue weighted by Gasteiger charge is -2.13. The molecule has 0 atom stereocenters. The molecule has 0 saturated carbocycles. The highest BCUT2D eigenvalue weighted by Crippen LogP contribution is 2.38. The van der Waals surface area contributed by atoms with Gasteiger partial charge in [-0.15, -0.1) is 0 Å². The summed E-state index contributed by atoms with van der Waals surface area (Å²) in [5.41, 5.74) is 4.23. The normalized spacial score (nSPS) is 10.8. The van der Waals surface area contributed by atoms with Crippen molar-refractivity contribution in [3.8, 4) is 22.3 Å². The molecule has 4 aromatic carbocycles. The molecule has 0 radical (unpaired) electrons. The zero-order chi connectivity index (χ0) is 25.1. The molecule has 0 fully saturated rings. The SMILES string of the molecule is C=C(C)C(=O)Sc1ccc(-c2ccc(-c3ccc(SC(=O)C(=C)C)cc3F)c3ccccc23)cc1. The summed E-state index contributed by atoms with van der Waals surface area (Å²) in [6.45, 7) is 10.7. The summed E-state index contributed by atoms with van der Waals surface area (Å²) < 4.78 is 15.2. The summed E-state index contributed by atoms with van der Waals surface area (Å²) in [6.07, 6.45) is 0. The Morgan fingerprint density at radius 3 is 1.71 bits per heavy atom. The minimum atomic E-state index is -0.383. The molecule has 0 aliphatic rings. The highest BCUT2D eigenvalue weighted by Gasteiger charge is 2.15. The summed E-state index contributed by atoms with van der Waals surface area (Å²) in [6, 6.07) is 24.5. The summed E-state index contributed by atoms with van der Waals surface area (Å²) in [4.78, 5) is 25.3. The van der Waals surface area contributed by atoms with E-state index < -0.39 is 0 Å². The van der Waals surface area contributed by atoms with E-state index in [9.17, 15) is 9.59 Å². The fraction of sp³-hybridized carbons (Fsp3) is 0.0667. The predicted octanol–water partition coefficient (Wildman–Crippen LogP) is 8.70. The van der Waals surface area contributed by atoms with Crippen LogP contribution in [0.2, 0.25) is 0 Å². The summed E-state index contributed by atoms with van der Waals surface area (Å²) in [5, 5.41) is 1.69. The molecular formula is C30H23FO2S2. The van der Waals surface area contributed by atoms with Crippen LogP contribution in [0.5, 0.6) is 0 Å². The van der Waals surface area contributed by atoms with E-state index in [4.69, 9.17) is 0 Å². The molecule has 2 nitrogen and oxygen atoms in total. The Labute approximate surface area is 213 Å². The summed E-state index contributed by atoms with van der Waals surface area (Å²) in [5.74, 6) is -0.383. The molecule has 4 aromatic rings. The largest absolute Gasteiger partial charge is 0.282 e. The zero-order valence-corrected chi connectivity index (χ0v) is 21.1. The average Bonchev–Trinajstić information content (AvgIpc) is 2.84. The topological polar surface area (TPSA) is 34.1 Å². The van der Waals surface area contributed by atoms with Gasteiger partial charge in [0.2, 0.25) is 10.2 Å². The van der Waals surface area contributed by atoms with Crippen LogP contribution in [0.1, 0.15) is 13.8 Å². The van der Waals surface area contributed by atoms with Crippen LogP contribution in [0.25, 0.3) is 33.0 Å². The van der Waals surface area contributed by atoms with Crippen LogP contribution in [0.3, 0.4) is 0 Å². The second kappa shape index (κ2) is 10.5. The highest BCUT2D eigenvalue weighted by molar-refractivity contribution is 8.14. The fourth-order valence-electron chi connectivity index (χ4n) is 3.65. The number of rotatable bonds is 6. The van der Waals surface area contributed by atoms with E-state index in [1.165, 1.54) is 6.07 Å². The second-order valence-electron chi connectivity index (χ2n) is 8.21. The van der Waals surface area contributed by atoms with Crippen LogP contribution in [0.4, 0.5) is 4.39 Å². The van der Waals surface area contributed by atoms with Gasteiger partial charge >= 0.3 is 0 Å². The van der Waals surface area contributed by atoms with Crippen LogP contribution >= 0.6 is 23.5 Å². The Morgan fingerprint density at radius 2 is 1.14 bits per heavy atom. The van der Waals surface area contributed by atoms with Gasteiger partial charge in [-0.1, -0.05) is 67.8 Å². The number of fused-ring (bicyclic) bond motifs is 1. The third-order valence-electron chi connectivity index (χ3n) is 5.44.